The van der Waals surface area contributed by atoms with Gasteiger partial charge in [0.15, 0.2) is 0 Å². The first-order chi connectivity index (χ1) is 7.71. The predicted octanol–water partition coefficient (Wildman–Crippen LogP) is 3.88. The van der Waals surface area contributed by atoms with Gasteiger partial charge in [-0.25, -0.2) is 0 Å². The zero-order chi connectivity index (χ0) is 12.8. The van der Waals surface area contributed by atoms with Crippen LogP contribution in [0.15, 0.2) is 18.2 Å². The monoisotopic (exact) mass is 242 g/mol. The lowest BCUT2D eigenvalue weighted by Crippen LogP contribution is -2.14. The van der Waals surface area contributed by atoms with E-state index < -0.39 is 11.9 Å². The summed E-state index contributed by atoms with van der Waals surface area (Å²) in [6.45, 7) is 5.65. The Morgan fingerprint density at radius 3 is 2.29 bits per heavy atom. The van der Waals surface area contributed by atoms with Crippen LogP contribution in [-0.4, -0.2) is 10.2 Å². The van der Waals surface area contributed by atoms with E-state index in [-0.39, 0.29) is 10.8 Å². The number of hydrogen-bond acceptors (Lipinski definition) is 1. The molecule has 0 unspecified atom stereocenters. The van der Waals surface area contributed by atoms with E-state index in [1.165, 1.54) is 0 Å². The van der Waals surface area contributed by atoms with E-state index in [0.29, 0.717) is 11.1 Å². The fourth-order valence-electron chi connectivity index (χ4n) is 1.90. The summed E-state index contributed by atoms with van der Waals surface area (Å²) in [5, 5.41) is 5.98. The molecule has 1 aromatic heterocycles. The summed E-state index contributed by atoms with van der Waals surface area (Å²) >= 11 is 0. The molecule has 5 heteroatoms. The Labute approximate surface area is 96.8 Å². The van der Waals surface area contributed by atoms with Crippen molar-refractivity contribution in [3.8, 4) is 0 Å². The van der Waals surface area contributed by atoms with Crippen molar-refractivity contribution in [1.29, 1.82) is 0 Å². The highest BCUT2D eigenvalue weighted by Gasteiger charge is 2.37. The first-order valence-electron chi connectivity index (χ1n) is 5.26. The van der Waals surface area contributed by atoms with Gasteiger partial charge in [-0.15, -0.1) is 0 Å². The molecule has 2 nitrogen and oxygen atoms in total. The summed E-state index contributed by atoms with van der Waals surface area (Å²) in [6, 6.07) is 5.02. The van der Waals surface area contributed by atoms with Gasteiger partial charge in [0, 0.05) is 5.39 Å². The Morgan fingerprint density at radius 2 is 1.76 bits per heavy atom. The average molecular weight is 242 g/mol. The second kappa shape index (κ2) is 3.48. The van der Waals surface area contributed by atoms with Gasteiger partial charge in [-0.05, 0) is 17.0 Å². The zero-order valence-electron chi connectivity index (χ0n) is 9.81. The van der Waals surface area contributed by atoms with E-state index in [4.69, 9.17) is 0 Å². The van der Waals surface area contributed by atoms with E-state index in [1.54, 1.807) is 18.2 Å². The summed E-state index contributed by atoms with van der Waals surface area (Å²) in [5.74, 6) is 0. The van der Waals surface area contributed by atoms with Crippen LogP contribution in [0, 0.1) is 0 Å². The van der Waals surface area contributed by atoms with Crippen LogP contribution < -0.4 is 0 Å². The van der Waals surface area contributed by atoms with E-state index in [2.05, 4.69) is 10.2 Å². The van der Waals surface area contributed by atoms with Crippen LogP contribution >= 0.6 is 0 Å². The fraction of sp³-hybridized carbons (Fsp3) is 0.417. The molecule has 0 atom stereocenters. The fourth-order valence-corrected chi connectivity index (χ4v) is 1.90. The number of aromatic nitrogens is 2. The van der Waals surface area contributed by atoms with Crippen molar-refractivity contribution in [1.82, 2.24) is 10.2 Å². The SMILES string of the molecule is CC(C)(C)c1cccc2n[nH]c(C(F)(F)F)c12. The molecular weight excluding hydrogens is 229 g/mol. The molecule has 2 rings (SSSR count). The van der Waals surface area contributed by atoms with Crippen molar-refractivity contribution in [3.63, 3.8) is 0 Å². The van der Waals surface area contributed by atoms with Crippen LogP contribution in [0.1, 0.15) is 32.0 Å². The van der Waals surface area contributed by atoms with Crippen LogP contribution in [0.3, 0.4) is 0 Å². The highest BCUT2D eigenvalue weighted by molar-refractivity contribution is 5.86. The number of fused-ring (bicyclic) bond motifs is 1. The molecule has 0 amide bonds. The summed E-state index contributed by atoms with van der Waals surface area (Å²) in [5.41, 5.74) is -0.123. The maximum absolute atomic E-state index is 12.8. The van der Waals surface area contributed by atoms with Crippen molar-refractivity contribution in [2.24, 2.45) is 0 Å². The Balaban J connectivity index is 2.82. The Hall–Kier alpha value is -1.52. The highest BCUT2D eigenvalue weighted by atomic mass is 19.4. The molecule has 17 heavy (non-hydrogen) atoms. The van der Waals surface area contributed by atoms with Gasteiger partial charge >= 0.3 is 6.18 Å². The van der Waals surface area contributed by atoms with Gasteiger partial charge in [-0.3, -0.25) is 5.10 Å². The summed E-state index contributed by atoms with van der Waals surface area (Å²) in [4.78, 5) is 0. The number of hydrogen-bond donors (Lipinski definition) is 1. The van der Waals surface area contributed by atoms with Crippen molar-refractivity contribution in [3.05, 3.63) is 29.5 Å². The Kier molecular flexibility index (Phi) is 2.45. The lowest BCUT2D eigenvalue weighted by molar-refractivity contribution is -0.140. The molecule has 1 N–H and O–H groups in total. The third-order valence-corrected chi connectivity index (χ3v) is 2.67. The number of rotatable bonds is 0. The molecule has 0 saturated carbocycles. The molecule has 2 aromatic rings. The lowest BCUT2D eigenvalue weighted by Gasteiger charge is -2.20. The number of aromatic amines is 1. The smallest absolute Gasteiger partial charge is 0.272 e. The first kappa shape index (κ1) is 12.0. The van der Waals surface area contributed by atoms with Crippen molar-refractivity contribution in [2.45, 2.75) is 32.4 Å². The molecule has 0 aliphatic carbocycles. The molecule has 0 fully saturated rings. The van der Waals surface area contributed by atoms with Crippen LogP contribution in [0.2, 0.25) is 0 Å². The minimum absolute atomic E-state index is 0.174. The molecule has 0 bridgehead atoms. The third-order valence-electron chi connectivity index (χ3n) is 2.67. The van der Waals surface area contributed by atoms with Gasteiger partial charge in [0.2, 0.25) is 0 Å². The van der Waals surface area contributed by atoms with E-state index >= 15 is 0 Å². The van der Waals surface area contributed by atoms with Crippen molar-refractivity contribution in [2.75, 3.05) is 0 Å². The third kappa shape index (κ3) is 2.01. The number of halogens is 3. The predicted molar refractivity (Wildman–Crippen MR) is 59.8 cm³/mol. The topological polar surface area (TPSA) is 28.7 Å². The zero-order valence-corrected chi connectivity index (χ0v) is 9.81. The number of nitrogens with zero attached hydrogens (tertiary/aromatic N) is 1. The van der Waals surface area contributed by atoms with Crippen LogP contribution in [0.4, 0.5) is 13.2 Å². The van der Waals surface area contributed by atoms with Crippen molar-refractivity contribution < 1.29 is 13.2 Å². The van der Waals surface area contributed by atoms with Gasteiger partial charge in [0.25, 0.3) is 0 Å². The second-order valence-corrected chi connectivity index (χ2v) is 5.05. The van der Waals surface area contributed by atoms with Gasteiger partial charge in [-0.2, -0.15) is 18.3 Å². The standard InChI is InChI=1S/C12H13F3N2/c1-11(2,3)7-5-4-6-8-9(7)10(17-16-8)12(13,14)15/h4-6H,1-3H3,(H,16,17). The first-order valence-corrected chi connectivity index (χ1v) is 5.26. The van der Waals surface area contributed by atoms with Gasteiger partial charge in [0.1, 0.15) is 5.69 Å². The molecule has 92 valence electrons. The molecule has 0 radical (unpaired) electrons. The van der Waals surface area contributed by atoms with Crippen molar-refractivity contribution >= 4 is 10.9 Å². The summed E-state index contributed by atoms with van der Waals surface area (Å²) in [6.07, 6.45) is -4.41. The van der Waals surface area contributed by atoms with Gasteiger partial charge < -0.3 is 0 Å². The Morgan fingerprint density at radius 1 is 1.12 bits per heavy atom. The quantitative estimate of drug-likeness (QED) is 0.746. The summed E-state index contributed by atoms with van der Waals surface area (Å²) < 4.78 is 38.5. The number of alkyl halides is 3. The van der Waals surface area contributed by atoms with Gasteiger partial charge in [0.05, 0.1) is 5.52 Å². The minimum atomic E-state index is -4.41. The minimum Gasteiger partial charge on any atom is -0.272 e. The highest BCUT2D eigenvalue weighted by Crippen LogP contribution is 2.38. The molecule has 0 saturated heterocycles. The van der Waals surface area contributed by atoms with Crippen LogP contribution in [0.5, 0.6) is 0 Å². The molecule has 0 aliphatic rings. The van der Waals surface area contributed by atoms with E-state index in [9.17, 15) is 13.2 Å². The normalized spacial score (nSPS) is 13.3. The second-order valence-electron chi connectivity index (χ2n) is 5.05. The number of benzene rings is 1. The molecule has 1 heterocycles. The largest absolute Gasteiger partial charge is 0.433 e. The molecular formula is C12H13F3N2. The number of nitrogens with one attached hydrogen (secondary N) is 1. The maximum Gasteiger partial charge on any atom is 0.433 e. The van der Waals surface area contributed by atoms with E-state index in [1.807, 2.05) is 20.8 Å². The van der Waals surface area contributed by atoms with Gasteiger partial charge in [-0.1, -0.05) is 32.9 Å². The number of H-pyrrole nitrogens is 1. The lowest BCUT2D eigenvalue weighted by atomic mass is 9.84. The molecule has 0 spiro atoms. The van der Waals surface area contributed by atoms with E-state index in [0.717, 1.165) is 0 Å². The summed E-state index contributed by atoms with van der Waals surface area (Å²) in [7, 11) is 0. The molecule has 0 aliphatic heterocycles. The maximum atomic E-state index is 12.8. The van der Waals surface area contributed by atoms with Crippen LogP contribution in [-0.2, 0) is 11.6 Å². The Bertz CT molecular complexity index is 547. The average Bonchev–Trinajstić information content (AvgIpc) is 2.57. The van der Waals surface area contributed by atoms with Crippen LogP contribution in [0.25, 0.3) is 10.9 Å². The molecule has 1 aromatic carbocycles.